The highest BCUT2D eigenvalue weighted by Gasteiger charge is 2.07. The Morgan fingerprint density at radius 3 is 2.47 bits per heavy atom. The zero-order chi connectivity index (χ0) is 12.5. The molecule has 0 saturated carbocycles. The molecule has 0 fully saturated rings. The molecule has 0 heterocycles. The highest BCUT2D eigenvalue weighted by Crippen LogP contribution is 2.07. The van der Waals surface area contributed by atoms with Crippen LogP contribution < -0.4 is 10.1 Å². The maximum atomic E-state index is 11.6. The molecule has 1 N–H and O–H groups in total. The number of ether oxygens (including phenoxy) is 1. The second-order valence-electron chi connectivity index (χ2n) is 3.57. The first kappa shape index (κ1) is 13.4. The molecule has 0 aromatic heterocycles. The van der Waals surface area contributed by atoms with E-state index in [-0.39, 0.29) is 6.03 Å². The van der Waals surface area contributed by atoms with Crippen molar-refractivity contribution in [3.05, 3.63) is 30.3 Å². The number of carbonyl (C=O) groups is 1. The molecular weight excluding hydrogens is 216 g/mol. The lowest BCUT2D eigenvalue weighted by Gasteiger charge is -2.19. The van der Waals surface area contributed by atoms with Gasteiger partial charge in [0, 0.05) is 13.1 Å². The summed E-state index contributed by atoms with van der Waals surface area (Å²) in [5.41, 5.74) is 0. The first-order valence-corrected chi connectivity index (χ1v) is 5.98. The average molecular weight is 236 g/mol. The molecule has 0 saturated heterocycles. The van der Waals surface area contributed by atoms with Crippen molar-refractivity contribution < 1.29 is 9.53 Å². The largest absolute Gasteiger partial charge is 0.492 e. The second-order valence-corrected chi connectivity index (χ2v) is 3.57. The number of amides is 2. The Labute approximate surface area is 103 Å². The van der Waals surface area contributed by atoms with Crippen molar-refractivity contribution in [2.45, 2.75) is 13.8 Å². The molecule has 1 rings (SSSR count). The molecule has 0 aliphatic rings. The predicted molar refractivity (Wildman–Crippen MR) is 68.3 cm³/mol. The standard InChI is InChI=1S/C13H20N2O2/c1-3-15(4-2)13(16)14-10-11-17-12-8-6-5-7-9-12/h5-9H,3-4,10-11H2,1-2H3,(H,14,16). The van der Waals surface area contributed by atoms with E-state index in [2.05, 4.69) is 5.32 Å². The Morgan fingerprint density at radius 1 is 1.24 bits per heavy atom. The molecule has 0 aliphatic heterocycles. The number of hydrogen-bond acceptors (Lipinski definition) is 2. The lowest BCUT2D eigenvalue weighted by atomic mass is 10.3. The third-order valence-corrected chi connectivity index (χ3v) is 2.44. The van der Waals surface area contributed by atoms with E-state index in [1.165, 1.54) is 0 Å². The van der Waals surface area contributed by atoms with Crippen LogP contribution in [0, 0.1) is 0 Å². The van der Waals surface area contributed by atoms with Crippen LogP contribution in [-0.4, -0.2) is 37.2 Å². The first-order valence-electron chi connectivity index (χ1n) is 5.98. The summed E-state index contributed by atoms with van der Waals surface area (Å²) in [6.45, 7) is 6.37. The summed E-state index contributed by atoms with van der Waals surface area (Å²) in [5, 5.41) is 2.82. The summed E-state index contributed by atoms with van der Waals surface area (Å²) in [6, 6.07) is 9.54. The fourth-order valence-electron chi connectivity index (χ4n) is 1.47. The third kappa shape index (κ3) is 4.76. The number of para-hydroxylation sites is 1. The van der Waals surface area contributed by atoms with Crippen LogP contribution in [0.4, 0.5) is 4.79 Å². The monoisotopic (exact) mass is 236 g/mol. The molecule has 0 atom stereocenters. The lowest BCUT2D eigenvalue weighted by Crippen LogP contribution is -2.41. The topological polar surface area (TPSA) is 41.6 Å². The van der Waals surface area contributed by atoms with Crippen LogP contribution in [0.3, 0.4) is 0 Å². The minimum atomic E-state index is -0.0355. The Hall–Kier alpha value is -1.71. The zero-order valence-electron chi connectivity index (χ0n) is 10.5. The van der Waals surface area contributed by atoms with Gasteiger partial charge in [-0.05, 0) is 26.0 Å². The summed E-state index contributed by atoms with van der Waals surface area (Å²) >= 11 is 0. The van der Waals surface area contributed by atoms with E-state index in [1.807, 2.05) is 44.2 Å². The maximum absolute atomic E-state index is 11.6. The van der Waals surface area contributed by atoms with Crippen LogP contribution >= 0.6 is 0 Å². The van der Waals surface area contributed by atoms with Gasteiger partial charge in [-0.15, -0.1) is 0 Å². The Bertz CT molecular complexity index is 323. The number of carbonyl (C=O) groups excluding carboxylic acids is 1. The van der Waals surface area contributed by atoms with Crippen molar-refractivity contribution in [3.8, 4) is 5.75 Å². The molecule has 0 unspecified atom stereocenters. The van der Waals surface area contributed by atoms with Gasteiger partial charge >= 0.3 is 6.03 Å². The Morgan fingerprint density at radius 2 is 1.88 bits per heavy atom. The van der Waals surface area contributed by atoms with E-state index in [0.29, 0.717) is 13.2 Å². The van der Waals surface area contributed by atoms with E-state index >= 15 is 0 Å². The molecule has 0 radical (unpaired) electrons. The summed E-state index contributed by atoms with van der Waals surface area (Å²) in [5.74, 6) is 0.824. The van der Waals surface area contributed by atoms with E-state index in [1.54, 1.807) is 4.90 Å². The fourth-order valence-corrected chi connectivity index (χ4v) is 1.47. The second kappa shape index (κ2) is 7.54. The highest BCUT2D eigenvalue weighted by molar-refractivity contribution is 5.73. The molecular formula is C13H20N2O2. The van der Waals surface area contributed by atoms with Gasteiger partial charge in [0.15, 0.2) is 0 Å². The molecule has 17 heavy (non-hydrogen) atoms. The Kier molecular flexibility index (Phi) is 5.93. The minimum Gasteiger partial charge on any atom is -0.492 e. The van der Waals surface area contributed by atoms with Crippen LogP contribution in [0.5, 0.6) is 5.75 Å². The molecule has 0 aliphatic carbocycles. The third-order valence-electron chi connectivity index (χ3n) is 2.44. The molecule has 1 aromatic carbocycles. The van der Waals surface area contributed by atoms with Crippen molar-refractivity contribution >= 4 is 6.03 Å². The Balaban J connectivity index is 2.18. The normalized spacial score (nSPS) is 9.76. The van der Waals surface area contributed by atoms with Crippen molar-refractivity contribution in [2.24, 2.45) is 0 Å². The van der Waals surface area contributed by atoms with Crippen LogP contribution in [0.25, 0.3) is 0 Å². The lowest BCUT2D eigenvalue weighted by molar-refractivity contribution is 0.200. The van der Waals surface area contributed by atoms with E-state index in [0.717, 1.165) is 18.8 Å². The zero-order valence-corrected chi connectivity index (χ0v) is 10.5. The van der Waals surface area contributed by atoms with E-state index < -0.39 is 0 Å². The fraction of sp³-hybridized carbons (Fsp3) is 0.462. The average Bonchev–Trinajstić information content (AvgIpc) is 2.37. The molecule has 4 nitrogen and oxygen atoms in total. The van der Waals surface area contributed by atoms with Gasteiger partial charge in [-0.25, -0.2) is 4.79 Å². The van der Waals surface area contributed by atoms with Gasteiger partial charge in [0.2, 0.25) is 0 Å². The van der Waals surface area contributed by atoms with Gasteiger partial charge in [0.25, 0.3) is 0 Å². The molecule has 4 heteroatoms. The van der Waals surface area contributed by atoms with Crippen LogP contribution in [0.1, 0.15) is 13.8 Å². The minimum absolute atomic E-state index is 0.0355. The smallest absolute Gasteiger partial charge is 0.317 e. The predicted octanol–water partition coefficient (Wildman–Crippen LogP) is 2.12. The van der Waals surface area contributed by atoms with E-state index in [4.69, 9.17) is 4.74 Å². The number of benzene rings is 1. The SMILES string of the molecule is CCN(CC)C(=O)NCCOc1ccccc1. The van der Waals surface area contributed by atoms with Gasteiger partial charge in [-0.3, -0.25) is 0 Å². The number of rotatable bonds is 6. The summed E-state index contributed by atoms with van der Waals surface area (Å²) in [7, 11) is 0. The number of urea groups is 1. The van der Waals surface area contributed by atoms with Crippen LogP contribution in [0.2, 0.25) is 0 Å². The number of nitrogens with one attached hydrogen (secondary N) is 1. The van der Waals surface area contributed by atoms with Gasteiger partial charge in [0.05, 0.1) is 6.54 Å². The summed E-state index contributed by atoms with van der Waals surface area (Å²) < 4.78 is 5.47. The van der Waals surface area contributed by atoms with Crippen molar-refractivity contribution in [3.63, 3.8) is 0 Å². The highest BCUT2D eigenvalue weighted by atomic mass is 16.5. The van der Waals surface area contributed by atoms with Crippen molar-refractivity contribution in [1.29, 1.82) is 0 Å². The quantitative estimate of drug-likeness (QED) is 0.769. The maximum Gasteiger partial charge on any atom is 0.317 e. The molecule has 94 valence electrons. The van der Waals surface area contributed by atoms with Crippen molar-refractivity contribution in [1.82, 2.24) is 10.2 Å². The van der Waals surface area contributed by atoms with Gasteiger partial charge < -0.3 is 15.0 Å². The number of hydrogen-bond donors (Lipinski definition) is 1. The summed E-state index contributed by atoms with van der Waals surface area (Å²) in [4.78, 5) is 13.3. The first-order chi connectivity index (χ1) is 8.27. The van der Waals surface area contributed by atoms with Gasteiger partial charge in [-0.2, -0.15) is 0 Å². The van der Waals surface area contributed by atoms with E-state index in [9.17, 15) is 4.79 Å². The molecule has 0 bridgehead atoms. The van der Waals surface area contributed by atoms with Crippen LogP contribution in [-0.2, 0) is 0 Å². The molecule has 0 spiro atoms. The van der Waals surface area contributed by atoms with Crippen LogP contribution in [0.15, 0.2) is 30.3 Å². The number of nitrogens with zero attached hydrogens (tertiary/aromatic N) is 1. The molecule has 1 aromatic rings. The molecule has 2 amide bonds. The van der Waals surface area contributed by atoms with Gasteiger partial charge in [0.1, 0.15) is 12.4 Å². The summed E-state index contributed by atoms with van der Waals surface area (Å²) in [6.07, 6.45) is 0. The van der Waals surface area contributed by atoms with Crippen molar-refractivity contribution in [2.75, 3.05) is 26.2 Å². The van der Waals surface area contributed by atoms with Gasteiger partial charge in [-0.1, -0.05) is 18.2 Å².